The Morgan fingerprint density at radius 1 is 1.03 bits per heavy atom. The van der Waals surface area contributed by atoms with E-state index in [2.05, 4.69) is 28.8 Å². The normalized spacial score (nSPS) is 13.2. The second kappa shape index (κ2) is 8.28. The van der Waals surface area contributed by atoms with E-state index in [-0.39, 0.29) is 12.7 Å². The third kappa shape index (κ3) is 4.32. The van der Waals surface area contributed by atoms with Gasteiger partial charge in [-0.3, -0.25) is 4.79 Å². The molecule has 7 heteroatoms. The van der Waals surface area contributed by atoms with Crippen molar-refractivity contribution in [2.24, 2.45) is 0 Å². The summed E-state index contributed by atoms with van der Waals surface area (Å²) in [6, 6.07) is 21.3. The third-order valence-corrected chi connectivity index (χ3v) is 6.10. The summed E-state index contributed by atoms with van der Waals surface area (Å²) in [7, 11) is 0. The van der Waals surface area contributed by atoms with Gasteiger partial charge in [0.25, 0.3) is 0 Å². The monoisotopic (exact) mass is 431 g/mol. The topological polar surface area (TPSA) is 72.5 Å². The lowest BCUT2D eigenvalue weighted by Crippen LogP contribution is -2.31. The number of rotatable bonds is 6. The fraction of sp³-hybridized carbons (Fsp3) is 0.167. The van der Waals surface area contributed by atoms with Gasteiger partial charge in [-0.1, -0.05) is 24.3 Å². The largest absolute Gasteiger partial charge is 0.454 e. The standard InChI is InChI=1S/C24H21N3O3S/c1-15(24(28)26-18-10-11-20-21(13-18)30-14-29-20)25-17-8-6-16(7-9-17)12-23-27-19-4-2-3-5-22(19)31-23/h2-11,13,15,25H,12,14H2,1H3,(H,26,28)/t15-/m0/s1. The van der Waals surface area contributed by atoms with Crippen molar-refractivity contribution in [2.45, 2.75) is 19.4 Å². The van der Waals surface area contributed by atoms with Crippen LogP contribution in [0.15, 0.2) is 66.7 Å². The average molecular weight is 432 g/mol. The number of anilines is 2. The first-order chi connectivity index (χ1) is 15.1. The summed E-state index contributed by atoms with van der Waals surface area (Å²) in [5.74, 6) is 1.20. The van der Waals surface area contributed by atoms with Crippen LogP contribution in [0.25, 0.3) is 10.2 Å². The number of benzene rings is 3. The second-order valence-electron chi connectivity index (χ2n) is 7.37. The van der Waals surface area contributed by atoms with E-state index in [1.54, 1.807) is 29.5 Å². The van der Waals surface area contributed by atoms with Crippen molar-refractivity contribution >= 4 is 38.8 Å². The zero-order valence-electron chi connectivity index (χ0n) is 16.9. The lowest BCUT2D eigenvalue weighted by atomic mass is 10.1. The number of amides is 1. The number of nitrogens with one attached hydrogen (secondary N) is 2. The maximum Gasteiger partial charge on any atom is 0.246 e. The lowest BCUT2D eigenvalue weighted by Gasteiger charge is -2.16. The molecule has 3 aromatic carbocycles. The van der Waals surface area contributed by atoms with Gasteiger partial charge in [0.2, 0.25) is 12.7 Å². The van der Waals surface area contributed by atoms with E-state index in [0.717, 1.165) is 22.6 Å². The van der Waals surface area contributed by atoms with E-state index in [1.807, 2.05) is 37.3 Å². The van der Waals surface area contributed by atoms with Crippen molar-refractivity contribution in [2.75, 3.05) is 17.4 Å². The first-order valence-corrected chi connectivity index (χ1v) is 10.9. The molecule has 4 aromatic rings. The lowest BCUT2D eigenvalue weighted by molar-refractivity contribution is -0.116. The molecule has 0 aliphatic carbocycles. The van der Waals surface area contributed by atoms with E-state index in [0.29, 0.717) is 17.2 Å². The van der Waals surface area contributed by atoms with Crippen LogP contribution >= 0.6 is 11.3 Å². The molecule has 6 nitrogen and oxygen atoms in total. The van der Waals surface area contributed by atoms with Crippen LogP contribution in [0.1, 0.15) is 17.5 Å². The van der Waals surface area contributed by atoms with Gasteiger partial charge in [-0.15, -0.1) is 11.3 Å². The van der Waals surface area contributed by atoms with Gasteiger partial charge in [-0.05, 0) is 48.9 Å². The SMILES string of the molecule is C[C@H](Nc1ccc(Cc2nc3ccccc3s2)cc1)C(=O)Nc1ccc2c(c1)OCO2. The first-order valence-electron chi connectivity index (χ1n) is 10.0. The summed E-state index contributed by atoms with van der Waals surface area (Å²) in [4.78, 5) is 17.3. The van der Waals surface area contributed by atoms with Gasteiger partial charge >= 0.3 is 0 Å². The Kier molecular flexibility index (Phi) is 5.18. The second-order valence-corrected chi connectivity index (χ2v) is 8.49. The van der Waals surface area contributed by atoms with Crippen molar-refractivity contribution in [1.82, 2.24) is 4.98 Å². The van der Waals surface area contributed by atoms with E-state index in [1.165, 1.54) is 10.3 Å². The molecule has 31 heavy (non-hydrogen) atoms. The van der Waals surface area contributed by atoms with Crippen LogP contribution in [0, 0.1) is 0 Å². The third-order valence-electron chi connectivity index (χ3n) is 5.06. The van der Waals surface area contributed by atoms with Crippen LogP contribution in [-0.4, -0.2) is 23.7 Å². The van der Waals surface area contributed by atoms with Crippen LogP contribution < -0.4 is 20.1 Å². The molecule has 2 heterocycles. The summed E-state index contributed by atoms with van der Waals surface area (Å²) in [5, 5.41) is 7.25. The molecule has 0 spiro atoms. The molecule has 1 amide bonds. The first kappa shape index (κ1) is 19.4. The molecule has 1 aliphatic heterocycles. The van der Waals surface area contributed by atoms with Gasteiger partial charge in [-0.2, -0.15) is 0 Å². The minimum Gasteiger partial charge on any atom is -0.454 e. The Labute approximate surface area is 183 Å². The maximum atomic E-state index is 12.6. The molecule has 0 bridgehead atoms. The van der Waals surface area contributed by atoms with Crippen LogP contribution in [0.4, 0.5) is 11.4 Å². The molecular formula is C24H21N3O3S. The number of hydrogen-bond donors (Lipinski definition) is 2. The van der Waals surface area contributed by atoms with Crippen molar-refractivity contribution in [3.63, 3.8) is 0 Å². The summed E-state index contributed by atoms with van der Waals surface area (Å²) in [6.07, 6.45) is 0.791. The van der Waals surface area contributed by atoms with Crippen LogP contribution in [0.3, 0.4) is 0 Å². The highest BCUT2D eigenvalue weighted by molar-refractivity contribution is 7.18. The number of para-hydroxylation sites is 1. The average Bonchev–Trinajstić information content (AvgIpc) is 3.40. The number of ether oxygens (including phenoxy) is 2. The van der Waals surface area contributed by atoms with Crippen molar-refractivity contribution < 1.29 is 14.3 Å². The smallest absolute Gasteiger partial charge is 0.246 e. The van der Waals surface area contributed by atoms with Crippen LogP contribution in [0.5, 0.6) is 11.5 Å². The van der Waals surface area contributed by atoms with Crippen LogP contribution in [-0.2, 0) is 11.2 Å². The Hall–Kier alpha value is -3.58. The maximum absolute atomic E-state index is 12.6. The highest BCUT2D eigenvalue weighted by Gasteiger charge is 2.17. The Balaban J connectivity index is 1.19. The zero-order valence-corrected chi connectivity index (χ0v) is 17.7. The van der Waals surface area contributed by atoms with Crippen molar-refractivity contribution in [3.05, 3.63) is 77.3 Å². The molecular weight excluding hydrogens is 410 g/mol. The highest BCUT2D eigenvalue weighted by Crippen LogP contribution is 2.34. The van der Waals surface area contributed by atoms with Gasteiger partial charge in [-0.25, -0.2) is 4.98 Å². The van der Waals surface area contributed by atoms with E-state index < -0.39 is 6.04 Å². The minimum absolute atomic E-state index is 0.127. The fourth-order valence-electron chi connectivity index (χ4n) is 3.43. The van der Waals surface area contributed by atoms with E-state index >= 15 is 0 Å². The number of carbonyl (C=O) groups excluding carboxylic acids is 1. The number of hydrogen-bond acceptors (Lipinski definition) is 6. The molecule has 0 saturated carbocycles. The molecule has 0 saturated heterocycles. The summed E-state index contributed by atoms with van der Waals surface area (Å²) in [6.45, 7) is 2.04. The number of aromatic nitrogens is 1. The number of nitrogens with zero attached hydrogens (tertiary/aromatic N) is 1. The number of carbonyl (C=O) groups is 1. The minimum atomic E-state index is -0.402. The molecule has 0 fully saturated rings. The molecule has 156 valence electrons. The predicted molar refractivity (Wildman–Crippen MR) is 123 cm³/mol. The molecule has 2 N–H and O–H groups in total. The molecule has 1 aliphatic rings. The van der Waals surface area contributed by atoms with Crippen molar-refractivity contribution in [1.29, 1.82) is 0 Å². The van der Waals surface area contributed by atoms with Gasteiger partial charge in [0, 0.05) is 23.9 Å². The summed E-state index contributed by atoms with van der Waals surface area (Å²) < 4.78 is 11.9. The van der Waals surface area contributed by atoms with Gasteiger partial charge in [0.1, 0.15) is 6.04 Å². The van der Waals surface area contributed by atoms with Gasteiger partial charge in [0.05, 0.1) is 15.2 Å². The van der Waals surface area contributed by atoms with E-state index in [9.17, 15) is 4.79 Å². The van der Waals surface area contributed by atoms with E-state index in [4.69, 9.17) is 14.5 Å². The molecule has 1 atom stereocenters. The zero-order chi connectivity index (χ0) is 21.2. The summed E-state index contributed by atoms with van der Waals surface area (Å²) in [5.41, 5.74) is 3.79. The predicted octanol–water partition coefficient (Wildman–Crippen LogP) is 5.05. The molecule has 5 rings (SSSR count). The Morgan fingerprint density at radius 2 is 1.81 bits per heavy atom. The highest BCUT2D eigenvalue weighted by atomic mass is 32.1. The fourth-order valence-corrected chi connectivity index (χ4v) is 4.43. The molecule has 0 unspecified atom stereocenters. The Bertz CT molecular complexity index is 1200. The number of thiazole rings is 1. The van der Waals surface area contributed by atoms with Gasteiger partial charge in [0.15, 0.2) is 11.5 Å². The quantitative estimate of drug-likeness (QED) is 0.447. The van der Waals surface area contributed by atoms with Gasteiger partial charge < -0.3 is 20.1 Å². The summed E-state index contributed by atoms with van der Waals surface area (Å²) >= 11 is 1.72. The van der Waals surface area contributed by atoms with Crippen molar-refractivity contribution in [3.8, 4) is 11.5 Å². The Morgan fingerprint density at radius 3 is 2.65 bits per heavy atom. The van der Waals surface area contributed by atoms with Crippen LogP contribution in [0.2, 0.25) is 0 Å². The molecule has 1 aromatic heterocycles. The molecule has 0 radical (unpaired) electrons. The number of fused-ring (bicyclic) bond motifs is 2.